The minimum Gasteiger partial charge on any atom is -0.247 e. The Morgan fingerprint density at radius 2 is 0.867 bits per heavy atom. The highest BCUT2D eigenvalue weighted by Crippen LogP contribution is 2.30. The van der Waals surface area contributed by atoms with E-state index in [0.717, 1.165) is 0 Å². The number of nitrogens with one attached hydrogen (secondary N) is 2. The van der Waals surface area contributed by atoms with Crippen molar-refractivity contribution in [3.8, 4) is 0 Å². The Balaban J connectivity index is 2.15. The van der Waals surface area contributed by atoms with Crippen molar-refractivity contribution in [1.82, 2.24) is 9.44 Å². The lowest BCUT2D eigenvalue weighted by molar-refractivity contribution is -0.138. The summed E-state index contributed by atoms with van der Waals surface area (Å²) in [4.78, 5) is 10.2. The minimum atomic E-state index is -4.75. The van der Waals surface area contributed by atoms with Crippen molar-refractivity contribution < 1.29 is 48.0 Å². The maximum atomic E-state index is 12.5. The summed E-state index contributed by atoms with van der Waals surface area (Å²) in [6.07, 6.45) is -9.47. The average Bonchev–Trinajstić information content (AvgIpc) is 2.59. The van der Waals surface area contributed by atoms with Crippen molar-refractivity contribution in [3.63, 3.8) is 0 Å². The van der Waals surface area contributed by atoms with Crippen LogP contribution in [0.3, 0.4) is 0 Å². The number of halogens is 6. The van der Waals surface area contributed by atoms with E-state index in [2.05, 4.69) is 0 Å². The number of alkyl halides is 6. The van der Waals surface area contributed by atoms with Gasteiger partial charge in [0.05, 0.1) is 20.9 Å². The van der Waals surface area contributed by atoms with Crippen LogP contribution in [0.15, 0.2) is 58.3 Å². The Labute approximate surface area is 165 Å². The number of hydrogen-bond donors (Lipinski definition) is 2. The molecule has 0 unspecified atom stereocenters. The highest BCUT2D eigenvalue weighted by molar-refractivity contribution is 7.91. The lowest BCUT2D eigenvalue weighted by atomic mass is 10.2. The zero-order valence-corrected chi connectivity index (χ0v) is 15.9. The number of sulfonamides is 2. The monoisotopic (exact) mass is 476 g/mol. The standard InChI is InChI=1S/C15H10F6N2O5S2/c16-14(17,18)9-1-5-11(6-2-9)29(25,26)22-13(24)23-30(27,28)12-7-3-10(4-8-12)15(19,20)21/h1-8H,(H2,22,23,24). The summed E-state index contributed by atoms with van der Waals surface area (Å²) >= 11 is 0. The molecule has 2 aromatic carbocycles. The normalized spacial score (nSPS) is 13.0. The lowest BCUT2D eigenvalue weighted by Crippen LogP contribution is -2.42. The van der Waals surface area contributed by atoms with Gasteiger partial charge in [0.2, 0.25) is 0 Å². The van der Waals surface area contributed by atoms with Crippen LogP contribution in [0.25, 0.3) is 0 Å². The molecular weight excluding hydrogens is 466 g/mol. The molecule has 30 heavy (non-hydrogen) atoms. The van der Waals surface area contributed by atoms with E-state index in [-0.39, 0.29) is 0 Å². The molecule has 2 rings (SSSR count). The molecule has 0 aliphatic rings. The molecule has 0 spiro atoms. The molecule has 0 bridgehead atoms. The summed E-state index contributed by atoms with van der Waals surface area (Å²) < 4.78 is 126. The van der Waals surface area contributed by atoms with Crippen LogP contribution in [0.4, 0.5) is 31.1 Å². The van der Waals surface area contributed by atoms with Crippen LogP contribution in [-0.2, 0) is 32.4 Å². The van der Waals surface area contributed by atoms with Crippen molar-refractivity contribution in [3.05, 3.63) is 59.7 Å². The number of amides is 2. The summed E-state index contributed by atoms with van der Waals surface area (Å²) in [6, 6.07) is 2.12. The number of hydrogen-bond acceptors (Lipinski definition) is 5. The van der Waals surface area contributed by atoms with Gasteiger partial charge in [0, 0.05) is 0 Å². The molecule has 15 heteroatoms. The zero-order valence-electron chi connectivity index (χ0n) is 14.2. The maximum Gasteiger partial charge on any atom is 0.416 e. The largest absolute Gasteiger partial charge is 0.416 e. The number of urea groups is 1. The lowest BCUT2D eigenvalue weighted by Gasteiger charge is -2.11. The Morgan fingerprint density at radius 3 is 1.10 bits per heavy atom. The second-order valence-electron chi connectivity index (χ2n) is 5.58. The molecule has 0 saturated carbocycles. The van der Waals surface area contributed by atoms with E-state index >= 15 is 0 Å². The summed E-state index contributed by atoms with van der Waals surface area (Å²) in [5.41, 5.74) is -2.31. The van der Waals surface area contributed by atoms with E-state index < -0.39 is 59.3 Å². The molecule has 0 aliphatic carbocycles. The number of carbonyl (C=O) groups is 1. The van der Waals surface area contributed by atoms with E-state index in [1.54, 1.807) is 0 Å². The van der Waals surface area contributed by atoms with Gasteiger partial charge in [-0.2, -0.15) is 26.3 Å². The Kier molecular flexibility index (Phi) is 6.09. The second-order valence-corrected chi connectivity index (χ2v) is 8.95. The number of carbonyl (C=O) groups excluding carboxylic acids is 1. The Hall–Kier alpha value is -2.81. The minimum absolute atomic E-state index is 0.436. The molecule has 2 N–H and O–H groups in total. The van der Waals surface area contributed by atoms with Crippen molar-refractivity contribution in [2.75, 3.05) is 0 Å². The van der Waals surface area contributed by atoms with Gasteiger partial charge in [-0.15, -0.1) is 0 Å². The first-order valence-corrected chi connectivity index (χ1v) is 10.4. The first-order chi connectivity index (χ1) is 13.5. The van der Waals surface area contributed by atoms with E-state index in [9.17, 15) is 48.0 Å². The summed E-state index contributed by atoms with van der Waals surface area (Å²) in [5, 5.41) is 0. The van der Waals surface area contributed by atoms with E-state index in [1.165, 1.54) is 9.44 Å². The van der Waals surface area contributed by atoms with Crippen LogP contribution in [-0.4, -0.2) is 22.9 Å². The zero-order chi connectivity index (χ0) is 23.0. The third-order valence-corrected chi connectivity index (χ3v) is 6.13. The van der Waals surface area contributed by atoms with Crippen LogP contribution in [0.5, 0.6) is 0 Å². The van der Waals surface area contributed by atoms with Crippen molar-refractivity contribution >= 4 is 26.1 Å². The van der Waals surface area contributed by atoms with Gasteiger partial charge in [0.1, 0.15) is 0 Å². The van der Waals surface area contributed by atoms with Gasteiger partial charge in [0.25, 0.3) is 20.0 Å². The second kappa shape index (κ2) is 7.79. The fourth-order valence-electron chi connectivity index (χ4n) is 2.03. The van der Waals surface area contributed by atoms with Gasteiger partial charge in [-0.1, -0.05) is 0 Å². The van der Waals surface area contributed by atoms with Gasteiger partial charge in [-0.25, -0.2) is 31.1 Å². The van der Waals surface area contributed by atoms with Crippen molar-refractivity contribution in [1.29, 1.82) is 0 Å². The first-order valence-electron chi connectivity index (χ1n) is 7.46. The van der Waals surface area contributed by atoms with Gasteiger partial charge in [-0.05, 0) is 48.5 Å². The molecular formula is C15H10F6N2O5S2. The van der Waals surface area contributed by atoms with Crippen LogP contribution in [0.2, 0.25) is 0 Å². The van der Waals surface area contributed by atoms with Crippen LogP contribution in [0, 0.1) is 0 Å². The molecule has 0 aromatic heterocycles. The van der Waals surface area contributed by atoms with Gasteiger partial charge >= 0.3 is 18.4 Å². The molecule has 2 aromatic rings. The highest BCUT2D eigenvalue weighted by atomic mass is 32.2. The molecule has 2 amide bonds. The summed E-state index contributed by atoms with van der Waals surface area (Å²) in [7, 11) is -9.49. The van der Waals surface area contributed by atoms with Crippen LogP contribution < -0.4 is 9.44 Å². The smallest absolute Gasteiger partial charge is 0.247 e. The molecule has 0 aliphatic heterocycles. The molecule has 164 valence electrons. The topological polar surface area (TPSA) is 109 Å². The molecule has 0 saturated heterocycles. The number of rotatable bonds is 4. The molecule has 0 atom stereocenters. The third kappa shape index (κ3) is 5.63. The SMILES string of the molecule is O=C(NS(=O)(=O)c1ccc(C(F)(F)F)cc1)NS(=O)(=O)c1ccc(C(F)(F)F)cc1. The average molecular weight is 476 g/mol. The van der Waals surface area contributed by atoms with E-state index in [4.69, 9.17) is 0 Å². The molecule has 0 radical (unpaired) electrons. The van der Waals surface area contributed by atoms with Crippen LogP contribution >= 0.6 is 0 Å². The molecule has 7 nitrogen and oxygen atoms in total. The van der Waals surface area contributed by atoms with Gasteiger partial charge in [0.15, 0.2) is 0 Å². The summed E-state index contributed by atoms with van der Waals surface area (Å²) in [5.74, 6) is 0. The maximum absolute atomic E-state index is 12.5. The quantitative estimate of drug-likeness (QED) is 0.660. The number of benzene rings is 2. The van der Waals surface area contributed by atoms with Gasteiger partial charge in [-0.3, -0.25) is 0 Å². The fraction of sp³-hybridized carbons (Fsp3) is 0.133. The van der Waals surface area contributed by atoms with E-state index in [1.807, 2.05) is 0 Å². The van der Waals surface area contributed by atoms with Crippen LogP contribution in [0.1, 0.15) is 11.1 Å². The predicted molar refractivity (Wildman–Crippen MR) is 88.9 cm³/mol. The Bertz CT molecular complexity index is 1050. The van der Waals surface area contributed by atoms with Gasteiger partial charge < -0.3 is 0 Å². The highest BCUT2D eigenvalue weighted by Gasteiger charge is 2.32. The molecule has 0 heterocycles. The first kappa shape index (κ1) is 23.5. The Morgan fingerprint density at radius 1 is 0.600 bits per heavy atom. The molecule has 0 fully saturated rings. The van der Waals surface area contributed by atoms with E-state index in [0.29, 0.717) is 48.5 Å². The fourth-order valence-corrected chi connectivity index (χ4v) is 3.91. The van der Waals surface area contributed by atoms with Crippen molar-refractivity contribution in [2.45, 2.75) is 22.1 Å². The van der Waals surface area contributed by atoms with Crippen molar-refractivity contribution in [2.24, 2.45) is 0 Å². The third-order valence-electron chi connectivity index (χ3n) is 3.44. The summed E-state index contributed by atoms with van der Waals surface area (Å²) in [6.45, 7) is 0. The predicted octanol–water partition coefficient (Wildman–Crippen LogP) is 3.10.